The molecule has 0 bridgehead atoms. The minimum Gasteiger partial charge on any atom is -0.497 e. The third kappa shape index (κ3) is 4.26. The van der Waals surface area contributed by atoms with E-state index >= 15 is 0 Å². The van der Waals surface area contributed by atoms with Crippen LogP contribution < -0.4 is 15.2 Å². The highest BCUT2D eigenvalue weighted by molar-refractivity contribution is 5.77. The van der Waals surface area contributed by atoms with Crippen LogP contribution in [-0.4, -0.2) is 48.1 Å². The molecular weight excluding hydrogens is 380 g/mol. The quantitative estimate of drug-likeness (QED) is 0.652. The van der Waals surface area contributed by atoms with Gasteiger partial charge in [-0.2, -0.15) is 0 Å². The fourth-order valence-electron chi connectivity index (χ4n) is 4.07. The number of nitrogens with two attached hydrogens (primary N) is 1. The monoisotopic (exact) mass is 408 g/mol. The van der Waals surface area contributed by atoms with Crippen LogP contribution in [0.25, 0.3) is 11.0 Å². The van der Waals surface area contributed by atoms with Gasteiger partial charge in [0.2, 0.25) is 5.91 Å². The molecule has 1 amide bonds. The number of nitrogens with zero attached hydrogens (tertiary/aromatic N) is 2. The topological polar surface area (TPSA) is 93.5 Å². The number of aromatic amines is 1. The number of hydrogen-bond acceptors (Lipinski definition) is 5. The third-order valence-electron chi connectivity index (χ3n) is 5.76. The Labute approximate surface area is 176 Å². The number of amides is 1. The van der Waals surface area contributed by atoms with E-state index in [9.17, 15) is 4.79 Å². The van der Waals surface area contributed by atoms with Gasteiger partial charge >= 0.3 is 0 Å². The second-order valence-corrected chi connectivity index (χ2v) is 7.77. The first-order chi connectivity index (χ1) is 14.6. The van der Waals surface area contributed by atoms with Crippen molar-refractivity contribution in [2.24, 2.45) is 5.73 Å². The van der Waals surface area contributed by atoms with Crippen molar-refractivity contribution in [3.05, 3.63) is 53.9 Å². The van der Waals surface area contributed by atoms with Gasteiger partial charge in [0, 0.05) is 37.5 Å². The second-order valence-electron chi connectivity index (χ2n) is 7.77. The maximum absolute atomic E-state index is 13.0. The fourth-order valence-corrected chi connectivity index (χ4v) is 4.07. The molecule has 0 aliphatic carbocycles. The summed E-state index contributed by atoms with van der Waals surface area (Å²) in [6, 6.07) is 13.1. The number of H-pyrrole nitrogens is 1. The number of hydrogen-bond donors (Lipinski definition) is 2. The first kappa shape index (κ1) is 20.2. The maximum Gasteiger partial charge on any atom is 0.224 e. The molecule has 1 saturated heterocycles. The predicted octanol–water partition coefficient (Wildman–Crippen LogP) is 3.38. The van der Waals surface area contributed by atoms with Gasteiger partial charge in [-0.15, -0.1) is 0 Å². The summed E-state index contributed by atoms with van der Waals surface area (Å²) in [6.45, 7) is 1.41. The van der Waals surface area contributed by atoms with Crippen molar-refractivity contribution in [1.82, 2.24) is 14.9 Å². The van der Waals surface area contributed by atoms with Crippen LogP contribution in [0.1, 0.15) is 42.6 Å². The summed E-state index contributed by atoms with van der Waals surface area (Å²) in [5.41, 5.74) is 9.19. The average molecular weight is 409 g/mol. The number of ether oxygens (including phenoxy) is 2. The van der Waals surface area contributed by atoms with Crippen LogP contribution in [0.3, 0.4) is 0 Å². The summed E-state index contributed by atoms with van der Waals surface area (Å²) in [5, 5.41) is 0. The van der Waals surface area contributed by atoms with Crippen LogP contribution in [-0.2, 0) is 4.79 Å². The first-order valence-electron chi connectivity index (χ1n) is 10.3. The Morgan fingerprint density at radius 1 is 1.23 bits per heavy atom. The summed E-state index contributed by atoms with van der Waals surface area (Å²) in [4.78, 5) is 23.1. The number of likely N-dealkylation sites (tertiary alicyclic amines) is 1. The van der Waals surface area contributed by atoms with Crippen LogP contribution in [0, 0.1) is 0 Å². The molecule has 2 heterocycles. The van der Waals surface area contributed by atoms with Crippen molar-refractivity contribution >= 4 is 16.9 Å². The van der Waals surface area contributed by atoms with E-state index in [0.717, 1.165) is 41.8 Å². The van der Waals surface area contributed by atoms with Crippen LogP contribution in [0.4, 0.5) is 0 Å². The van der Waals surface area contributed by atoms with Gasteiger partial charge in [-0.3, -0.25) is 4.79 Å². The number of imidazole rings is 1. The third-order valence-corrected chi connectivity index (χ3v) is 5.76. The van der Waals surface area contributed by atoms with Gasteiger partial charge < -0.3 is 25.1 Å². The Morgan fingerprint density at radius 2 is 1.97 bits per heavy atom. The van der Waals surface area contributed by atoms with E-state index in [1.54, 1.807) is 20.3 Å². The second kappa shape index (κ2) is 8.75. The molecule has 1 aliphatic heterocycles. The number of piperidine rings is 1. The van der Waals surface area contributed by atoms with Gasteiger partial charge in [0.25, 0.3) is 0 Å². The number of methoxy groups -OCH3 is 2. The van der Waals surface area contributed by atoms with Crippen molar-refractivity contribution in [2.75, 3.05) is 27.3 Å². The number of carbonyl (C=O) groups is 1. The predicted molar refractivity (Wildman–Crippen MR) is 116 cm³/mol. The molecule has 3 aromatic rings. The molecule has 7 heteroatoms. The summed E-state index contributed by atoms with van der Waals surface area (Å²) in [5.74, 6) is 2.55. The lowest BCUT2D eigenvalue weighted by atomic mass is 9.96. The lowest BCUT2D eigenvalue weighted by Crippen LogP contribution is -2.40. The largest absolute Gasteiger partial charge is 0.497 e. The minimum atomic E-state index is -0.423. The van der Waals surface area contributed by atoms with Crippen LogP contribution in [0.15, 0.2) is 42.5 Å². The van der Waals surface area contributed by atoms with E-state index in [4.69, 9.17) is 20.2 Å². The normalized spacial score (nSPS) is 17.7. The van der Waals surface area contributed by atoms with Gasteiger partial charge in [-0.1, -0.05) is 12.1 Å². The maximum atomic E-state index is 13.0. The van der Waals surface area contributed by atoms with Crippen molar-refractivity contribution in [3.8, 4) is 11.5 Å². The molecule has 1 fully saturated rings. The van der Waals surface area contributed by atoms with Gasteiger partial charge in [0.1, 0.15) is 17.3 Å². The van der Waals surface area contributed by atoms with E-state index in [1.807, 2.05) is 41.3 Å². The Morgan fingerprint density at radius 3 is 2.67 bits per heavy atom. The highest BCUT2D eigenvalue weighted by Gasteiger charge is 2.28. The van der Waals surface area contributed by atoms with E-state index in [1.165, 1.54) is 0 Å². The lowest BCUT2D eigenvalue weighted by Gasteiger charge is -2.32. The Balaban J connectivity index is 1.44. The first-order valence-corrected chi connectivity index (χ1v) is 10.3. The van der Waals surface area contributed by atoms with Gasteiger partial charge in [-0.25, -0.2) is 4.98 Å². The summed E-state index contributed by atoms with van der Waals surface area (Å²) in [6.07, 6.45) is 2.21. The average Bonchev–Trinajstić information content (AvgIpc) is 3.23. The molecule has 4 rings (SSSR count). The Bertz CT molecular complexity index is 977. The summed E-state index contributed by atoms with van der Waals surface area (Å²) < 4.78 is 10.6. The molecule has 2 atom stereocenters. The van der Waals surface area contributed by atoms with E-state index in [2.05, 4.69) is 4.98 Å². The van der Waals surface area contributed by atoms with Crippen LogP contribution in [0.5, 0.6) is 11.5 Å². The minimum absolute atomic E-state index is 0.0603. The number of nitrogens with one attached hydrogen (secondary N) is 1. The smallest absolute Gasteiger partial charge is 0.224 e. The molecule has 3 N–H and O–H groups in total. The zero-order chi connectivity index (χ0) is 21.1. The van der Waals surface area contributed by atoms with E-state index in [-0.39, 0.29) is 18.2 Å². The molecular formula is C23H28N4O3. The molecule has 0 radical (unpaired) electrons. The Hall–Kier alpha value is -3.06. The lowest BCUT2D eigenvalue weighted by molar-refractivity contribution is -0.132. The molecule has 0 spiro atoms. The van der Waals surface area contributed by atoms with Crippen molar-refractivity contribution in [2.45, 2.75) is 31.2 Å². The van der Waals surface area contributed by atoms with Gasteiger partial charge in [0.15, 0.2) is 0 Å². The van der Waals surface area contributed by atoms with Gasteiger partial charge in [-0.05, 0) is 42.7 Å². The zero-order valence-corrected chi connectivity index (χ0v) is 17.4. The summed E-state index contributed by atoms with van der Waals surface area (Å²) in [7, 11) is 3.20. The van der Waals surface area contributed by atoms with Crippen molar-refractivity contribution in [3.63, 3.8) is 0 Å². The molecule has 158 valence electrons. The molecule has 0 saturated carbocycles. The van der Waals surface area contributed by atoms with Gasteiger partial charge in [0.05, 0.1) is 25.3 Å². The van der Waals surface area contributed by atoms with Crippen molar-refractivity contribution < 1.29 is 14.3 Å². The number of fused-ring (bicyclic) bond motifs is 1. The Kier molecular flexibility index (Phi) is 5.90. The molecule has 1 aromatic heterocycles. The number of para-hydroxylation sites is 2. The van der Waals surface area contributed by atoms with Crippen LogP contribution in [0.2, 0.25) is 0 Å². The SMILES string of the molecule is COc1cc(OC)cc([C@@H](N)CC(=O)N2CCCC(c3nc4ccccc4[nH]3)C2)c1. The van der Waals surface area contributed by atoms with E-state index < -0.39 is 6.04 Å². The van der Waals surface area contributed by atoms with E-state index in [0.29, 0.717) is 18.0 Å². The number of rotatable bonds is 6. The molecule has 2 aromatic carbocycles. The number of benzene rings is 2. The molecule has 30 heavy (non-hydrogen) atoms. The van der Waals surface area contributed by atoms with Crippen LogP contribution >= 0.6 is 0 Å². The highest BCUT2D eigenvalue weighted by atomic mass is 16.5. The molecule has 1 unspecified atom stereocenters. The highest BCUT2D eigenvalue weighted by Crippen LogP contribution is 2.30. The molecule has 1 aliphatic rings. The van der Waals surface area contributed by atoms with Crippen molar-refractivity contribution in [1.29, 1.82) is 0 Å². The zero-order valence-electron chi connectivity index (χ0n) is 17.4. The summed E-state index contributed by atoms with van der Waals surface area (Å²) >= 11 is 0. The number of aromatic nitrogens is 2. The molecule has 7 nitrogen and oxygen atoms in total. The standard InChI is InChI=1S/C23H28N4O3/c1-29-17-10-16(11-18(12-17)30-2)19(24)13-22(28)27-9-5-6-15(14-27)23-25-20-7-3-4-8-21(20)26-23/h3-4,7-8,10-12,15,19H,5-6,9,13-14,24H2,1-2H3,(H,25,26)/t15?,19-/m0/s1. The fraction of sp³-hybridized carbons (Fsp3) is 0.391. The number of carbonyl (C=O) groups excluding carboxylic acids is 1.